The fourth-order valence-electron chi connectivity index (χ4n) is 4.28. The maximum absolute atomic E-state index is 13.1. The fourth-order valence-corrected chi connectivity index (χ4v) is 4.28. The molecule has 1 N–H and O–H groups in total. The van der Waals surface area contributed by atoms with Crippen LogP contribution in [0.5, 0.6) is 0 Å². The zero-order valence-corrected chi connectivity index (χ0v) is 17.3. The van der Waals surface area contributed by atoms with Crippen LogP contribution in [0, 0.1) is 0 Å². The molecule has 0 aliphatic carbocycles. The SMILES string of the molecule is CCn1c(=O)n(Cc2nc3ccccc3n2C[C@@H](O)c2ccccc2)c2ccccc21. The maximum Gasteiger partial charge on any atom is 0.329 e. The van der Waals surface area contributed by atoms with Crippen molar-refractivity contribution in [3.63, 3.8) is 0 Å². The lowest BCUT2D eigenvalue weighted by molar-refractivity contribution is 0.156. The summed E-state index contributed by atoms with van der Waals surface area (Å²) in [5.74, 6) is 0.747. The van der Waals surface area contributed by atoms with Gasteiger partial charge in [-0.25, -0.2) is 9.78 Å². The minimum absolute atomic E-state index is 0.0501. The number of benzene rings is 3. The van der Waals surface area contributed by atoms with E-state index < -0.39 is 6.10 Å². The second-order valence-corrected chi connectivity index (χ2v) is 7.66. The summed E-state index contributed by atoms with van der Waals surface area (Å²) in [4.78, 5) is 18.0. The monoisotopic (exact) mass is 412 g/mol. The van der Waals surface area contributed by atoms with Gasteiger partial charge in [0.1, 0.15) is 5.82 Å². The quantitative estimate of drug-likeness (QED) is 0.459. The van der Waals surface area contributed by atoms with Crippen LogP contribution in [0.4, 0.5) is 0 Å². The molecule has 0 saturated carbocycles. The highest BCUT2D eigenvalue weighted by Crippen LogP contribution is 2.23. The van der Waals surface area contributed by atoms with E-state index in [1.54, 1.807) is 9.13 Å². The Morgan fingerprint density at radius 2 is 1.42 bits per heavy atom. The van der Waals surface area contributed by atoms with Gasteiger partial charge in [0.2, 0.25) is 0 Å². The number of aliphatic hydroxyl groups excluding tert-OH is 1. The summed E-state index contributed by atoms with van der Waals surface area (Å²) in [5.41, 5.74) is 4.40. The molecular formula is C25H24N4O2. The first kappa shape index (κ1) is 19.3. The van der Waals surface area contributed by atoms with E-state index in [9.17, 15) is 9.90 Å². The number of imidazole rings is 2. The molecule has 1 atom stereocenters. The summed E-state index contributed by atoms with van der Waals surface area (Å²) < 4.78 is 5.57. The van der Waals surface area contributed by atoms with Gasteiger partial charge in [-0.2, -0.15) is 0 Å². The standard InChI is InChI=1S/C25H24N4O2/c1-2-27-21-14-8-9-15-22(21)29(25(27)31)17-24-26-19-12-6-7-13-20(19)28(24)16-23(30)18-10-4-3-5-11-18/h3-15,23,30H,2,16-17H2,1H3/t23-/m1/s1. The van der Waals surface area contributed by atoms with Gasteiger partial charge in [0, 0.05) is 6.54 Å². The highest BCUT2D eigenvalue weighted by atomic mass is 16.3. The van der Waals surface area contributed by atoms with Gasteiger partial charge >= 0.3 is 5.69 Å². The predicted molar refractivity (Wildman–Crippen MR) is 122 cm³/mol. The normalized spacial score (nSPS) is 12.6. The molecular weight excluding hydrogens is 388 g/mol. The van der Waals surface area contributed by atoms with Gasteiger partial charge in [0.15, 0.2) is 0 Å². The molecule has 2 aromatic heterocycles. The average molecular weight is 412 g/mol. The first-order valence-corrected chi connectivity index (χ1v) is 10.5. The lowest BCUT2D eigenvalue weighted by atomic mass is 10.1. The van der Waals surface area contributed by atoms with Crippen molar-refractivity contribution in [3.05, 3.63) is 101 Å². The van der Waals surface area contributed by atoms with Crippen LogP contribution in [-0.2, 0) is 19.6 Å². The molecule has 156 valence electrons. The highest BCUT2D eigenvalue weighted by molar-refractivity contribution is 5.77. The van der Waals surface area contributed by atoms with Crippen LogP contribution in [0.25, 0.3) is 22.1 Å². The van der Waals surface area contributed by atoms with Crippen molar-refractivity contribution in [2.75, 3.05) is 0 Å². The molecule has 0 aliphatic rings. The van der Waals surface area contributed by atoms with Crippen molar-refractivity contribution in [3.8, 4) is 0 Å². The summed E-state index contributed by atoms with van der Waals surface area (Å²) in [6.45, 7) is 3.28. The van der Waals surface area contributed by atoms with E-state index >= 15 is 0 Å². The Hall–Kier alpha value is -3.64. The molecule has 5 rings (SSSR count). The molecule has 31 heavy (non-hydrogen) atoms. The number of hydrogen-bond acceptors (Lipinski definition) is 3. The van der Waals surface area contributed by atoms with Crippen LogP contribution in [0.2, 0.25) is 0 Å². The lowest BCUT2D eigenvalue weighted by Crippen LogP contribution is -2.25. The first-order chi connectivity index (χ1) is 15.2. The van der Waals surface area contributed by atoms with Crippen LogP contribution in [-0.4, -0.2) is 23.8 Å². The van der Waals surface area contributed by atoms with Gasteiger partial charge < -0.3 is 9.67 Å². The third-order valence-electron chi connectivity index (χ3n) is 5.81. The number of hydrogen-bond donors (Lipinski definition) is 1. The van der Waals surface area contributed by atoms with E-state index in [-0.39, 0.29) is 5.69 Å². The lowest BCUT2D eigenvalue weighted by Gasteiger charge is -2.15. The number of nitrogens with zero attached hydrogens (tertiary/aromatic N) is 4. The molecule has 0 aliphatic heterocycles. The minimum atomic E-state index is -0.675. The third-order valence-corrected chi connectivity index (χ3v) is 5.81. The van der Waals surface area contributed by atoms with Crippen molar-refractivity contribution < 1.29 is 5.11 Å². The number of fused-ring (bicyclic) bond motifs is 2. The number of rotatable bonds is 6. The number of aryl methyl sites for hydroxylation is 1. The average Bonchev–Trinajstić information content (AvgIpc) is 3.29. The van der Waals surface area contributed by atoms with Crippen LogP contribution in [0.3, 0.4) is 0 Å². The van der Waals surface area contributed by atoms with Crippen LogP contribution in [0.15, 0.2) is 83.7 Å². The summed E-state index contributed by atoms with van der Waals surface area (Å²) in [5, 5.41) is 10.9. The van der Waals surface area contributed by atoms with E-state index in [0.717, 1.165) is 33.5 Å². The Balaban J connectivity index is 1.62. The molecule has 2 heterocycles. The molecule has 0 unspecified atom stereocenters. The highest BCUT2D eigenvalue weighted by Gasteiger charge is 2.18. The summed E-state index contributed by atoms with van der Waals surface area (Å²) in [6, 6.07) is 25.3. The maximum atomic E-state index is 13.1. The zero-order chi connectivity index (χ0) is 21.4. The van der Waals surface area contributed by atoms with Crippen molar-refractivity contribution in [1.82, 2.24) is 18.7 Å². The Morgan fingerprint density at radius 1 is 0.806 bits per heavy atom. The van der Waals surface area contributed by atoms with Gasteiger partial charge in [-0.1, -0.05) is 54.6 Å². The molecule has 0 amide bonds. The second kappa shape index (κ2) is 7.89. The Morgan fingerprint density at radius 3 is 2.13 bits per heavy atom. The van der Waals surface area contributed by atoms with E-state index in [2.05, 4.69) is 0 Å². The van der Waals surface area contributed by atoms with Crippen LogP contribution < -0.4 is 5.69 Å². The molecule has 0 fully saturated rings. The second-order valence-electron chi connectivity index (χ2n) is 7.66. The predicted octanol–water partition coefficient (Wildman–Crippen LogP) is 3.95. The van der Waals surface area contributed by atoms with E-state index in [4.69, 9.17) is 4.98 Å². The fraction of sp³-hybridized carbons (Fsp3) is 0.200. The number of aliphatic hydroxyl groups is 1. The Labute approximate surface area is 179 Å². The summed E-state index contributed by atoms with van der Waals surface area (Å²) in [6.07, 6.45) is -0.675. The molecule has 6 heteroatoms. The zero-order valence-electron chi connectivity index (χ0n) is 17.3. The summed E-state index contributed by atoms with van der Waals surface area (Å²) in [7, 11) is 0. The molecule has 0 saturated heterocycles. The number of aromatic nitrogens is 4. The van der Waals surface area contributed by atoms with Gasteiger partial charge in [-0.15, -0.1) is 0 Å². The molecule has 0 radical (unpaired) electrons. The van der Waals surface area contributed by atoms with Crippen molar-refractivity contribution in [2.24, 2.45) is 0 Å². The van der Waals surface area contributed by atoms with Gasteiger partial charge in [-0.05, 0) is 36.8 Å². The topological polar surface area (TPSA) is 65.0 Å². The minimum Gasteiger partial charge on any atom is -0.387 e. The van der Waals surface area contributed by atoms with Crippen LogP contribution >= 0.6 is 0 Å². The van der Waals surface area contributed by atoms with E-state index in [1.165, 1.54) is 0 Å². The van der Waals surface area contributed by atoms with Gasteiger partial charge in [0.25, 0.3) is 0 Å². The Bertz CT molecular complexity index is 1410. The molecule has 0 bridgehead atoms. The largest absolute Gasteiger partial charge is 0.387 e. The molecule has 0 spiro atoms. The molecule has 5 aromatic rings. The van der Waals surface area contributed by atoms with Crippen molar-refractivity contribution in [2.45, 2.75) is 32.7 Å². The smallest absolute Gasteiger partial charge is 0.329 e. The molecule has 3 aromatic carbocycles. The first-order valence-electron chi connectivity index (χ1n) is 10.5. The van der Waals surface area contributed by atoms with Crippen LogP contribution in [0.1, 0.15) is 24.4 Å². The third kappa shape index (κ3) is 3.35. The van der Waals surface area contributed by atoms with E-state index in [1.807, 2.05) is 90.4 Å². The summed E-state index contributed by atoms with van der Waals surface area (Å²) >= 11 is 0. The Kier molecular flexibility index (Phi) is 4.92. The van der Waals surface area contributed by atoms with Crippen molar-refractivity contribution in [1.29, 1.82) is 0 Å². The van der Waals surface area contributed by atoms with Gasteiger partial charge in [0.05, 0.1) is 41.3 Å². The van der Waals surface area contributed by atoms with Gasteiger partial charge in [-0.3, -0.25) is 9.13 Å². The van der Waals surface area contributed by atoms with E-state index in [0.29, 0.717) is 19.6 Å². The number of para-hydroxylation sites is 4. The van der Waals surface area contributed by atoms with Crippen molar-refractivity contribution >= 4 is 22.1 Å². The molecule has 6 nitrogen and oxygen atoms in total.